The summed E-state index contributed by atoms with van der Waals surface area (Å²) in [4.78, 5) is 7.23. The number of hydrogen-bond donors (Lipinski definition) is 1. The summed E-state index contributed by atoms with van der Waals surface area (Å²) in [5.74, 6) is -0.0193. The van der Waals surface area contributed by atoms with E-state index < -0.39 is 10.8 Å². The lowest BCUT2D eigenvalue weighted by Crippen LogP contribution is -1.94. The summed E-state index contributed by atoms with van der Waals surface area (Å²) in [6.07, 6.45) is 3.90. The number of aromatic nitrogens is 2. The Morgan fingerprint density at radius 2 is 2.00 bits per heavy atom. The lowest BCUT2D eigenvalue weighted by atomic mass is 10.6. The van der Waals surface area contributed by atoms with Crippen molar-refractivity contribution in [2.75, 3.05) is 6.26 Å². The molecule has 0 saturated carbocycles. The topological polar surface area (TPSA) is 63.1 Å². The summed E-state index contributed by atoms with van der Waals surface area (Å²) in [7, 11) is -1.17. The lowest BCUT2D eigenvalue weighted by Gasteiger charge is -1.92. The van der Waals surface area contributed by atoms with Crippen LogP contribution >= 0.6 is 0 Å². The Morgan fingerprint density at radius 3 is 2.40 bits per heavy atom. The van der Waals surface area contributed by atoms with Crippen molar-refractivity contribution in [2.24, 2.45) is 0 Å². The van der Waals surface area contributed by atoms with E-state index >= 15 is 0 Å². The minimum atomic E-state index is -1.17. The van der Waals surface area contributed by atoms with E-state index in [1.165, 1.54) is 18.6 Å². The third-order valence-corrected chi connectivity index (χ3v) is 1.60. The standard InChI is InChI=1S/C5H6N2O2S/c1-10(9)5-6-2-4(8)3-7-5/h2-3,8H,1H3/t10-/m0/s1. The largest absolute Gasteiger partial charge is 0.505 e. The molecule has 1 N–H and O–H groups in total. The first-order valence-electron chi connectivity index (χ1n) is 2.54. The van der Waals surface area contributed by atoms with Crippen LogP contribution in [0.4, 0.5) is 0 Å². The van der Waals surface area contributed by atoms with E-state index in [0.717, 1.165) is 0 Å². The maximum Gasteiger partial charge on any atom is 0.218 e. The molecule has 0 aliphatic heterocycles. The molecule has 0 saturated heterocycles. The molecule has 10 heavy (non-hydrogen) atoms. The molecule has 4 nitrogen and oxygen atoms in total. The van der Waals surface area contributed by atoms with Gasteiger partial charge >= 0.3 is 0 Å². The lowest BCUT2D eigenvalue weighted by molar-refractivity contribution is 0.467. The highest BCUT2D eigenvalue weighted by Gasteiger charge is 1.98. The van der Waals surface area contributed by atoms with Crippen LogP contribution in [0.2, 0.25) is 0 Å². The molecule has 0 bridgehead atoms. The van der Waals surface area contributed by atoms with Gasteiger partial charge in [-0.25, -0.2) is 9.97 Å². The zero-order valence-electron chi connectivity index (χ0n) is 5.31. The van der Waals surface area contributed by atoms with Gasteiger partial charge in [0.1, 0.15) is 0 Å². The first-order valence-corrected chi connectivity index (χ1v) is 4.10. The summed E-state index contributed by atoms with van der Waals surface area (Å²) in [5, 5.41) is 8.95. The van der Waals surface area contributed by atoms with Gasteiger partial charge in [-0.1, -0.05) is 0 Å². The third-order valence-electron chi connectivity index (χ3n) is 0.872. The number of aromatic hydroxyl groups is 1. The molecular formula is C5H6N2O2S. The van der Waals surface area contributed by atoms with Crippen LogP contribution < -0.4 is 0 Å². The Balaban J connectivity index is 3.00. The van der Waals surface area contributed by atoms with Crippen molar-refractivity contribution in [3.63, 3.8) is 0 Å². The van der Waals surface area contributed by atoms with Crippen LogP contribution in [-0.2, 0) is 10.8 Å². The van der Waals surface area contributed by atoms with E-state index in [0.29, 0.717) is 0 Å². The van der Waals surface area contributed by atoms with Crippen molar-refractivity contribution in [3.8, 4) is 5.75 Å². The number of rotatable bonds is 1. The van der Waals surface area contributed by atoms with Gasteiger partial charge in [-0.05, 0) is 0 Å². The predicted molar refractivity (Wildman–Crippen MR) is 36.0 cm³/mol. The first kappa shape index (κ1) is 7.14. The molecule has 0 aliphatic carbocycles. The van der Waals surface area contributed by atoms with Gasteiger partial charge in [0, 0.05) is 6.26 Å². The molecule has 0 radical (unpaired) electrons. The maximum absolute atomic E-state index is 10.7. The number of nitrogens with zero attached hydrogens (tertiary/aromatic N) is 2. The fourth-order valence-electron chi connectivity index (χ4n) is 0.458. The van der Waals surface area contributed by atoms with Crippen LogP contribution in [0.15, 0.2) is 17.6 Å². The highest BCUT2D eigenvalue weighted by atomic mass is 32.2. The van der Waals surface area contributed by atoms with Crippen LogP contribution in [0.1, 0.15) is 0 Å². The fraction of sp³-hybridized carbons (Fsp3) is 0.200. The SMILES string of the molecule is C[S@](=O)c1ncc(O)cn1. The molecular weight excluding hydrogens is 152 g/mol. The Kier molecular flexibility index (Phi) is 1.96. The average Bonchev–Trinajstić information content (AvgIpc) is 1.88. The monoisotopic (exact) mass is 158 g/mol. The van der Waals surface area contributed by atoms with E-state index in [2.05, 4.69) is 9.97 Å². The summed E-state index contributed by atoms with van der Waals surface area (Å²) in [6, 6.07) is 0. The predicted octanol–water partition coefficient (Wildman–Crippen LogP) is -0.0804. The first-order chi connectivity index (χ1) is 4.70. The molecule has 1 atom stereocenters. The van der Waals surface area contributed by atoms with Crippen molar-refractivity contribution in [1.82, 2.24) is 9.97 Å². The molecule has 0 aliphatic rings. The van der Waals surface area contributed by atoms with Crippen LogP contribution in [0.25, 0.3) is 0 Å². The van der Waals surface area contributed by atoms with Crippen molar-refractivity contribution in [2.45, 2.75) is 5.16 Å². The maximum atomic E-state index is 10.7. The van der Waals surface area contributed by atoms with Gasteiger partial charge in [0.2, 0.25) is 5.16 Å². The van der Waals surface area contributed by atoms with Gasteiger partial charge in [0.15, 0.2) is 5.75 Å². The Bertz CT molecular complexity index is 246. The molecule has 1 aromatic rings. The summed E-state index contributed by atoms with van der Waals surface area (Å²) >= 11 is 0. The zero-order chi connectivity index (χ0) is 7.56. The van der Waals surface area contributed by atoms with Crippen LogP contribution in [-0.4, -0.2) is 25.5 Å². The highest BCUT2D eigenvalue weighted by Crippen LogP contribution is 2.03. The van der Waals surface area contributed by atoms with E-state index in [1.807, 2.05) is 0 Å². The molecule has 0 amide bonds. The second kappa shape index (κ2) is 2.74. The fourth-order valence-corrected chi connectivity index (χ4v) is 0.860. The minimum Gasteiger partial charge on any atom is -0.505 e. The molecule has 0 fully saturated rings. The molecule has 0 unspecified atom stereocenters. The second-order valence-electron chi connectivity index (χ2n) is 1.68. The van der Waals surface area contributed by atoms with Gasteiger partial charge in [-0.2, -0.15) is 0 Å². The van der Waals surface area contributed by atoms with E-state index in [4.69, 9.17) is 5.11 Å². The summed E-state index contributed by atoms with van der Waals surface area (Å²) in [6.45, 7) is 0. The van der Waals surface area contributed by atoms with Crippen molar-refractivity contribution < 1.29 is 9.32 Å². The van der Waals surface area contributed by atoms with Crippen molar-refractivity contribution in [1.29, 1.82) is 0 Å². The van der Waals surface area contributed by atoms with Gasteiger partial charge in [0.05, 0.1) is 23.2 Å². The van der Waals surface area contributed by atoms with E-state index in [-0.39, 0.29) is 10.9 Å². The smallest absolute Gasteiger partial charge is 0.218 e. The molecule has 0 aromatic carbocycles. The third kappa shape index (κ3) is 1.51. The Morgan fingerprint density at radius 1 is 1.50 bits per heavy atom. The molecule has 54 valence electrons. The molecule has 1 aromatic heterocycles. The molecule has 5 heteroatoms. The number of hydrogen-bond acceptors (Lipinski definition) is 4. The van der Waals surface area contributed by atoms with E-state index in [9.17, 15) is 4.21 Å². The van der Waals surface area contributed by atoms with Crippen molar-refractivity contribution in [3.05, 3.63) is 12.4 Å². The normalized spacial score (nSPS) is 12.9. The Hall–Kier alpha value is -0.970. The molecule has 0 spiro atoms. The van der Waals surface area contributed by atoms with E-state index in [1.54, 1.807) is 0 Å². The second-order valence-corrected chi connectivity index (χ2v) is 2.95. The van der Waals surface area contributed by atoms with Gasteiger partial charge in [-0.15, -0.1) is 0 Å². The van der Waals surface area contributed by atoms with Crippen molar-refractivity contribution >= 4 is 10.8 Å². The molecule has 1 heterocycles. The van der Waals surface area contributed by atoms with Crippen LogP contribution in [0.5, 0.6) is 5.75 Å². The minimum absolute atomic E-state index is 0.0193. The van der Waals surface area contributed by atoms with Gasteiger partial charge in [-0.3, -0.25) is 4.21 Å². The summed E-state index contributed by atoms with van der Waals surface area (Å²) < 4.78 is 10.7. The van der Waals surface area contributed by atoms with Gasteiger partial charge < -0.3 is 5.11 Å². The average molecular weight is 158 g/mol. The van der Waals surface area contributed by atoms with Crippen LogP contribution in [0, 0.1) is 0 Å². The van der Waals surface area contributed by atoms with Gasteiger partial charge in [0.25, 0.3) is 0 Å². The quantitative estimate of drug-likeness (QED) is 0.580. The Labute approximate surface area is 60.4 Å². The highest BCUT2D eigenvalue weighted by molar-refractivity contribution is 7.84. The van der Waals surface area contributed by atoms with Crippen LogP contribution in [0.3, 0.4) is 0 Å². The summed E-state index contributed by atoms with van der Waals surface area (Å²) in [5.41, 5.74) is 0. The molecule has 1 rings (SSSR count). The zero-order valence-corrected chi connectivity index (χ0v) is 6.13.